The van der Waals surface area contributed by atoms with E-state index in [4.69, 9.17) is 4.74 Å². The van der Waals surface area contributed by atoms with Crippen LogP contribution in [0.5, 0.6) is 0 Å². The molecule has 2 N–H and O–H groups in total. The SMILES string of the molecule is CC(C)(C)OCCC(CO)(CO)C1CCCC1. The Morgan fingerprint density at radius 1 is 1.06 bits per heavy atom. The van der Waals surface area contributed by atoms with Crippen LogP contribution >= 0.6 is 0 Å². The van der Waals surface area contributed by atoms with Crippen LogP contribution in [0.15, 0.2) is 0 Å². The molecule has 0 heterocycles. The molecule has 0 atom stereocenters. The van der Waals surface area contributed by atoms with Gasteiger partial charge >= 0.3 is 0 Å². The first-order valence-electron chi connectivity index (χ1n) is 6.79. The fraction of sp³-hybridized carbons (Fsp3) is 1.00. The van der Waals surface area contributed by atoms with Gasteiger partial charge in [-0.3, -0.25) is 0 Å². The molecule has 102 valence electrons. The van der Waals surface area contributed by atoms with E-state index < -0.39 is 0 Å². The van der Waals surface area contributed by atoms with E-state index in [1.807, 2.05) is 20.8 Å². The summed E-state index contributed by atoms with van der Waals surface area (Å²) in [5.74, 6) is 0.459. The maximum atomic E-state index is 9.65. The van der Waals surface area contributed by atoms with Gasteiger partial charge in [0.05, 0.1) is 18.8 Å². The molecule has 0 aliphatic heterocycles. The van der Waals surface area contributed by atoms with E-state index in [0.717, 1.165) is 19.3 Å². The maximum Gasteiger partial charge on any atom is 0.0598 e. The van der Waals surface area contributed by atoms with Crippen LogP contribution in [0.2, 0.25) is 0 Å². The Kier molecular flexibility index (Phi) is 5.42. The van der Waals surface area contributed by atoms with Crippen molar-refractivity contribution in [3.63, 3.8) is 0 Å². The molecule has 1 fully saturated rings. The number of aliphatic hydroxyl groups is 2. The second-order valence-corrected chi connectivity index (χ2v) is 6.37. The summed E-state index contributed by atoms with van der Waals surface area (Å²) in [5, 5.41) is 19.3. The van der Waals surface area contributed by atoms with Crippen molar-refractivity contribution < 1.29 is 14.9 Å². The van der Waals surface area contributed by atoms with E-state index in [9.17, 15) is 10.2 Å². The first-order valence-corrected chi connectivity index (χ1v) is 6.79. The Labute approximate surface area is 105 Å². The predicted molar refractivity (Wildman–Crippen MR) is 68.9 cm³/mol. The lowest BCUT2D eigenvalue weighted by Crippen LogP contribution is -2.39. The van der Waals surface area contributed by atoms with Crippen molar-refractivity contribution in [2.45, 2.75) is 58.5 Å². The smallest absolute Gasteiger partial charge is 0.0598 e. The zero-order chi connectivity index (χ0) is 12.9. The first-order chi connectivity index (χ1) is 7.93. The number of rotatable bonds is 6. The molecule has 0 bridgehead atoms. The average Bonchev–Trinajstić information content (AvgIpc) is 2.77. The van der Waals surface area contributed by atoms with Gasteiger partial charge in [-0.15, -0.1) is 0 Å². The molecule has 1 rings (SSSR count). The summed E-state index contributed by atoms with van der Waals surface area (Å²) < 4.78 is 5.73. The highest BCUT2D eigenvalue weighted by Crippen LogP contribution is 2.42. The highest BCUT2D eigenvalue weighted by molar-refractivity contribution is 4.88. The summed E-state index contributed by atoms with van der Waals surface area (Å²) in [5.41, 5.74) is -0.478. The minimum absolute atomic E-state index is 0.0711. The highest BCUT2D eigenvalue weighted by atomic mass is 16.5. The molecule has 3 nitrogen and oxygen atoms in total. The lowest BCUT2D eigenvalue weighted by atomic mass is 9.73. The van der Waals surface area contributed by atoms with Crippen molar-refractivity contribution in [2.24, 2.45) is 11.3 Å². The number of hydrogen-bond donors (Lipinski definition) is 2. The third kappa shape index (κ3) is 4.23. The van der Waals surface area contributed by atoms with Crippen LogP contribution in [-0.4, -0.2) is 35.6 Å². The predicted octanol–water partition coefficient (Wildman–Crippen LogP) is 2.35. The van der Waals surface area contributed by atoms with Crippen molar-refractivity contribution in [1.29, 1.82) is 0 Å². The summed E-state index contributed by atoms with van der Waals surface area (Å²) in [4.78, 5) is 0. The van der Waals surface area contributed by atoms with Crippen molar-refractivity contribution in [1.82, 2.24) is 0 Å². The lowest BCUT2D eigenvalue weighted by Gasteiger charge is -2.36. The summed E-state index contributed by atoms with van der Waals surface area (Å²) in [6.45, 7) is 6.84. The Morgan fingerprint density at radius 2 is 1.59 bits per heavy atom. The molecule has 0 saturated heterocycles. The summed E-state index contributed by atoms with van der Waals surface area (Å²) in [7, 11) is 0. The summed E-state index contributed by atoms with van der Waals surface area (Å²) >= 11 is 0. The first kappa shape index (κ1) is 14.9. The lowest BCUT2D eigenvalue weighted by molar-refractivity contribution is -0.0580. The van der Waals surface area contributed by atoms with E-state index in [-0.39, 0.29) is 24.2 Å². The normalized spacial score (nSPS) is 18.9. The van der Waals surface area contributed by atoms with E-state index in [2.05, 4.69) is 0 Å². The topological polar surface area (TPSA) is 49.7 Å². The van der Waals surface area contributed by atoms with Gasteiger partial charge in [0, 0.05) is 12.0 Å². The highest BCUT2D eigenvalue weighted by Gasteiger charge is 2.39. The van der Waals surface area contributed by atoms with Gasteiger partial charge in [-0.05, 0) is 46.0 Å². The van der Waals surface area contributed by atoms with Crippen LogP contribution in [0, 0.1) is 11.3 Å². The number of ether oxygens (including phenoxy) is 1. The molecule has 0 spiro atoms. The van der Waals surface area contributed by atoms with E-state index in [1.54, 1.807) is 0 Å². The minimum Gasteiger partial charge on any atom is -0.396 e. The monoisotopic (exact) mass is 244 g/mol. The van der Waals surface area contributed by atoms with E-state index in [1.165, 1.54) is 12.8 Å². The van der Waals surface area contributed by atoms with Crippen molar-refractivity contribution >= 4 is 0 Å². The molecule has 0 aromatic carbocycles. The van der Waals surface area contributed by atoms with Crippen LogP contribution < -0.4 is 0 Å². The van der Waals surface area contributed by atoms with Crippen LogP contribution in [-0.2, 0) is 4.74 Å². The fourth-order valence-electron chi connectivity index (χ4n) is 2.77. The Hall–Kier alpha value is -0.120. The fourth-order valence-corrected chi connectivity index (χ4v) is 2.77. The molecule has 1 saturated carbocycles. The summed E-state index contributed by atoms with van der Waals surface area (Å²) in [6, 6.07) is 0. The van der Waals surface area contributed by atoms with Gasteiger partial charge in [0.2, 0.25) is 0 Å². The van der Waals surface area contributed by atoms with Gasteiger partial charge in [-0.2, -0.15) is 0 Å². The van der Waals surface area contributed by atoms with Gasteiger partial charge in [0.25, 0.3) is 0 Å². The van der Waals surface area contributed by atoms with Crippen LogP contribution in [0.4, 0.5) is 0 Å². The van der Waals surface area contributed by atoms with Crippen LogP contribution in [0.3, 0.4) is 0 Å². The average molecular weight is 244 g/mol. The van der Waals surface area contributed by atoms with Crippen LogP contribution in [0.25, 0.3) is 0 Å². The Morgan fingerprint density at radius 3 is 2.00 bits per heavy atom. The molecule has 0 aromatic rings. The van der Waals surface area contributed by atoms with Gasteiger partial charge in [0.1, 0.15) is 0 Å². The molecule has 17 heavy (non-hydrogen) atoms. The number of aliphatic hydroxyl groups excluding tert-OH is 2. The Balaban J connectivity index is 2.52. The van der Waals surface area contributed by atoms with Gasteiger partial charge in [0.15, 0.2) is 0 Å². The maximum absolute atomic E-state index is 9.65. The zero-order valence-corrected chi connectivity index (χ0v) is 11.5. The van der Waals surface area contributed by atoms with Crippen molar-refractivity contribution in [3.8, 4) is 0 Å². The molecule has 0 amide bonds. The molecule has 0 unspecified atom stereocenters. The van der Waals surface area contributed by atoms with E-state index >= 15 is 0 Å². The zero-order valence-electron chi connectivity index (χ0n) is 11.5. The minimum atomic E-state index is -0.332. The molecule has 0 radical (unpaired) electrons. The molecule has 1 aliphatic carbocycles. The molecular weight excluding hydrogens is 216 g/mol. The van der Waals surface area contributed by atoms with Gasteiger partial charge in [-0.25, -0.2) is 0 Å². The molecule has 0 aromatic heterocycles. The van der Waals surface area contributed by atoms with Crippen LogP contribution in [0.1, 0.15) is 52.9 Å². The van der Waals surface area contributed by atoms with Gasteiger partial charge < -0.3 is 14.9 Å². The standard InChI is InChI=1S/C14H28O3/c1-13(2,3)17-9-8-14(10-15,11-16)12-6-4-5-7-12/h12,15-16H,4-11H2,1-3H3. The largest absolute Gasteiger partial charge is 0.396 e. The second kappa shape index (κ2) is 6.17. The molecule has 1 aliphatic rings. The number of hydrogen-bond acceptors (Lipinski definition) is 3. The molecule has 3 heteroatoms. The quantitative estimate of drug-likeness (QED) is 0.754. The second-order valence-electron chi connectivity index (χ2n) is 6.37. The third-order valence-electron chi connectivity index (χ3n) is 3.99. The van der Waals surface area contributed by atoms with Gasteiger partial charge in [-0.1, -0.05) is 12.8 Å². The van der Waals surface area contributed by atoms with E-state index in [0.29, 0.717) is 12.5 Å². The summed E-state index contributed by atoms with van der Waals surface area (Å²) in [6.07, 6.45) is 5.48. The Bertz CT molecular complexity index is 210. The van der Waals surface area contributed by atoms with Crippen molar-refractivity contribution in [2.75, 3.05) is 19.8 Å². The molecular formula is C14H28O3. The van der Waals surface area contributed by atoms with Crippen molar-refractivity contribution in [3.05, 3.63) is 0 Å². The third-order valence-corrected chi connectivity index (χ3v) is 3.99.